The molecule has 2 amide bonds. The summed E-state index contributed by atoms with van der Waals surface area (Å²) in [5.74, 6) is -0.164. The molecule has 0 saturated carbocycles. The Hall–Kier alpha value is -3.66. The number of nitrogens with zero attached hydrogens (tertiary/aromatic N) is 1. The van der Waals surface area contributed by atoms with Crippen molar-refractivity contribution in [1.29, 1.82) is 0 Å². The normalized spacial score (nSPS) is 13.9. The summed E-state index contributed by atoms with van der Waals surface area (Å²) in [6, 6.07) is 27.3. The van der Waals surface area contributed by atoms with Crippen LogP contribution in [-0.4, -0.2) is 29.3 Å². The predicted octanol–water partition coefficient (Wildman–Crippen LogP) is 4.84. The summed E-state index contributed by atoms with van der Waals surface area (Å²) in [7, 11) is 0. The van der Waals surface area contributed by atoms with Gasteiger partial charge < -0.3 is 5.32 Å². The molecule has 0 fully saturated rings. The zero-order valence-corrected chi connectivity index (χ0v) is 17.6. The molecule has 4 rings (SSSR count). The van der Waals surface area contributed by atoms with Crippen LogP contribution in [0, 0.1) is 0 Å². The van der Waals surface area contributed by atoms with Crippen LogP contribution in [0.2, 0.25) is 0 Å². The van der Waals surface area contributed by atoms with Gasteiger partial charge in [0, 0.05) is 29.3 Å². The van der Waals surface area contributed by atoms with Crippen molar-refractivity contribution >= 4 is 17.5 Å². The molecule has 1 N–H and O–H groups in total. The van der Waals surface area contributed by atoms with E-state index in [-0.39, 0.29) is 17.7 Å². The first-order valence-corrected chi connectivity index (χ1v) is 10.6. The van der Waals surface area contributed by atoms with Crippen molar-refractivity contribution in [2.45, 2.75) is 25.3 Å². The van der Waals surface area contributed by atoms with Crippen molar-refractivity contribution in [3.8, 4) is 0 Å². The van der Waals surface area contributed by atoms with Crippen molar-refractivity contribution in [3.05, 3.63) is 114 Å². The number of hydrogen-bond acceptors (Lipinski definition) is 2. The van der Waals surface area contributed by atoms with E-state index in [0.29, 0.717) is 17.8 Å². The molecule has 31 heavy (non-hydrogen) atoms. The minimum Gasteiger partial charge on any atom is -0.354 e. The van der Waals surface area contributed by atoms with Gasteiger partial charge in [-0.15, -0.1) is 0 Å². The van der Waals surface area contributed by atoms with Crippen LogP contribution in [0.15, 0.2) is 91.5 Å². The van der Waals surface area contributed by atoms with Gasteiger partial charge >= 0.3 is 0 Å². The van der Waals surface area contributed by atoms with E-state index in [1.54, 1.807) is 13.0 Å². The van der Waals surface area contributed by atoms with Crippen LogP contribution in [0.4, 0.5) is 0 Å². The topological polar surface area (TPSA) is 49.4 Å². The van der Waals surface area contributed by atoms with Gasteiger partial charge in [0.25, 0.3) is 5.91 Å². The molecule has 1 aliphatic heterocycles. The first-order valence-electron chi connectivity index (χ1n) is 10.6. The van der Waals surface area contributed by atoms with E-state index in [1.807, 2.05) is 54.6 Å². The van der Waals surface area contributed by atoms with Crippen LogP contribution >= 0.6 is 0 Å². The Morgan fingerprint density at radius 2 is 1.39 bits per heavy atom. The highest BCUT2D eigenvalue weighted by atomic mass is 16.2. The molecule has 1 heterocycles. The molecule has 0 spiro atoms. The fourth-order valence-corrected chi connectivity index (χ4v) is 4.21. The molecule has 1 aliphatic rings. The minimum absolute atomic E-state index is 0.172. The molecule has 0 bridgehead atoms. The van der Waals surface area contributed by atoms with Crippen LogP contribution in [0.3, 0.4) is 0 Å². The number of hydrogen-bond donors (Lipinski definition) is 1. The number of carbonyl (C=O) groups excluding carboxylic acids is 2. The third-order valence-corrected chi connectivity index (χ3v) is 5.88. The number of carbonyl (C=O) groups is 2. The fourth-order valence-electron chi connectivity index (χ4n) is 4.21. The van der Waals surface area contributed by atoms with Crippen molar-refractivity contribution in [2.24, 2.45) is 0 Å². The quantitative estimate of drug-likeness (QED) is 0.606. The fraction of sp³-hybridized carbons (Fsp3) is 0.185. The molecule has 0 radical (unpaired) electrons. The Morgan fingerprint density at radius 1 is 0.871 bits per heavy atom. The highest BCUT2D eigenvalue weighted by Gasteiger charge is 2.36. The van der Waals surface area contributed by atoms with E-state index in [2.05, 4.69) is 36.2 Å². The van der Waals surface area contributed by atoms with Gasteiger partial charge in [0.2, 0.25) is 5.91 Å². The summed E-state index contributed by atoms with van der Waals surface area (Å²) in [6.45, 7) is 6.30. The van der Waals surface area contributed by atoms with E-state index in [9.17, 15) is 9.59 Å². The smallest absolute Gasteiger partial charge is 0.259 e. The Bertz CT molecular complexity index is 1020. The second-order valence-corrected chi connectivity index (χ2v) is 7.80. The summed E-state index contributed by atoms with van der Waals surface area (Å²) >= 11 is 0. The Balaban J connectivity index is 1.42. The molecule has 0 saturated heterocycles. The van der Waals surface area contributed by atoms with Gasteiger partial charge in [0.1, 0.15) is 6.04 Å². The Morgan fingerprint density at radius 3 is 1.94 bits per heavy atom. The summed E-state index contributed by atoms with van der Waals surface area (Å²) < 4.78 is 0. The van der Waals surface area contributed by atoms with E-state index in [1.165, 1.54) is 16.0 Å². The largest absolute Gasteiger partial charge is 0.354 e. The van der Waals surface area contributed by atoms with Crippen molar-refractivity contribution in [1.82, 2.24) is 10.2 Å². The number of fused-ring (bicyclic) bond motifs is 1. The molecule has 3 aromatic rings. The van der Waals surface area contributed by atoms with Crippen molar-refractivity contribution < 1.29 is 9.59 Å². The maximum absolute atomic E-state index is 12.9. The lowest BCUT2D eigenvalue weighted by Gasteiger charge is -2.25. The molecule has 0 aromatic heterocycles. The minimum atomic E-state index is -0.626. The van der Waals surface area contributed by atoms with Crippen LogP contribution < -0.4 is 5.32 Å². The predicted molar refractivity (Wildman–Crippen MR) is 123 cm³/mol. The summed E-state index contributed by atoms with van der Waals surface area (Å²) in [5, 5.41) is 3.02. The van der Waals surface area contributed by atoms with E-state index >= 15 is 0 Å². The third kappa shape index (κ3) is 4.15. The monoisotopic (exact) mass is 410 g/mol. The number of benzene rings is 3. The molecular weight excluding hydrogens is 384 g/mol. The highest BCUT2D eigenvalue weighted by Crippen LogP contribution is 2.33. The highest BCUT2D eigenvalue weighted by molar-refractivity contribution is 6.10. The average molecular weight is 411 g/mol. The zero-order valence-electron chi connectivity index (χ0n) is 17.6. The van der Waals surface area contributed by atoms with Gasteiger partial charge in [0.15, 0.2) is 0 Å². The third-order valence-electron chi connectivity index (χ3n) is 5.88. The molecule has 1 atom stereocenters. The lowest BCUT2D eigenvalue weighted by Crippen LogP contribution is -2.45. The molecule has 4 nitrogen and oxygen atoms in total. The molecule has 1 unspecified atom stereocenters. The molecule has 0 aliphatic carbocycles. The number of amides is 2. The number of nitrogens with one attached hydrogen (secondary N) is 1. The van der Waals surface area contributed by atoms with Gasteiger partial charge in [0.05, 0.1) is 0 Å². The molecular formula is C27H26N2O2. The van der Waals surface area contributed by atoms with Gasteiger partial charge in [-0.3, -0.25) is 14.5 Å². The van der Waals surface area contributed by atoms with Crippen LogP contribution in [0.25, 0.3) is 5.70 Å². The van der Waals surface area contributed by atoms with Gasteiger partial charge in [-0.2, -0.15) is 0 Å². The maximum Gasteiger partial charge on any atom is 0.259 e. The summed E-state index contributed by atoms with van der Waals surface area (Å²) in [4.78, 5) is 27.2. The van der Waals surface area contributed by atoms with E-state index in [4.69, 9.17) is 0 Å². The van der Waals surface area contributed by atoms with Gasteiger partial charge in [-0.25, -0.2) is 0 Å². The molecule has 156 valence electrons. The van der Waals surface area contributed by atoms with E-state index in [0.717, 1.165) is 12.0 Å². The van der Waals surface area contributed by atoms with Gasteiger partial charge in [-0.1, -0.05) is 85.4 Å². The van der Waals surface area contributed by atoms with Crippen LogP contribution in [0.1, 0.15) is 46.3 Å². The van der Waals surface area contributed by atoms with E-state index < -0.39 is 6.04 Å². The maximum atomic E-state index is 12.9. The Labute approximate surface area is 183 Å². The summed E-state index contributed by atoms with van der Waals surface area (Å²) in [6.07, 6.45) is 0.765. The van der Waals surface area contributed by atoms with Crippen molar-refractivity contribution in [2.75, 3.05) is 6.54 Å². The first-order chi connectivity index (χ1) is 15.1. The molecule has 4 heteroatoms. The second-order valence-electron chi connectivity index (χ2n) is 7.80. The van der Waals surface area contributed by atoms with Crippen LogP contribution in [0.5, 0.6) is 0 Å². The zero-order chi connectivity index (χ0) is 21.8. The van der Waals surface area contributed by atoms with Crippen molar-refractivity contribution in [3.63, 3.8) is 0 Å². The molecule has 3 aromatic carbocycles. The SMILES string of the molecule is C=C1c2ccccc2C(=O)N1C(C)C(=O)NCCC(c1ccccc1)c1ccccc1. The lowest BCUT2D eigenvalue weighted by molar-refractivity contribution is -0.124. The standard InChI is InChI=1S/C27H26N2O2/c1-19-23-15-9-10-16-25(23)27(31)29(19)20(2)26(30)28-18-17-24(21-11-5-3-6-12-21)22-13-7-4-8-14-22/h3-16,20,24H,1,17-18H2,2H3,(H,28,30). The van der Waals surface area contributed by atoms with Crippen LogP contribution in [-0.2, 0) is 4.79 Å². The lowest BCUT2D eigenvalue weighted by atomic mass is 9.88. The summed E-state index contributed by atoms with van der Waals surface area (Å²) in [5.41, 5.74) is 4.40. The Kier molecular flexibility index (Phi) is 5.99. The second kappa shape index (κ2) is 9.00. The van der Waals surface area contributed by atoms with Gasteiger partial charge in [-0.05, 0) is 30.5 Å². The average Bonchev–Trinajstić information content (AvgIpc) is 3.07. The first kappa shape index (κ1) is 20.6. The number of rotatable bonds is 7.